The number of benzene rings is 2. The number of carbonyl (C=O) groups is 1. The lowest BCUT2D eigenvalue weighted by atomic mass is 10.1. The Morgan fingerprint density at radius 3 is 2.35 bits per heavy atom. The summed E-state index contributed by atoms with van der Waals surface area (Å²) in [6, 6.07) is 5.84. The molecule has 0 saturated carbocycles. The number of fused-ring (bicyclic) bond motifs is 1. The molecule has 3 nitrogen and oxygen atoms in total. The second-order valence-electron chi connectivity index (χ2n) is 4.46. The Bertz CT molecular complexity index is 683. The first-order chi connectivity index (χ1) is 9.52. The van der Waals surface area contributed by atoms with E-state index in [-0.39, 0.29) is 5.69 Å². The van der Waals surface area contributed by atoms with Crippen LogP contribution in [0.2, 0.25) is 0 Å². The van der Waals surface area contributed by atoms with Gasteiger partial charge in [0.25, 0.3) is 5.91 Å². The molecule has 1 aliphatic rings. The molecule has 0 fully saturated rings. The van der Waals surface area contributed by atoms with Crippen LogP contribution < -0.4 is 10.6 Å². The molecule has 102 valence electrons. The van der Waals surface area contributed by atoms with Crippen LogP contribution >= 0.6 is 0 Å². The van der Waals surface area contributed by atoms with Crippen LogP contribution in [-0.2, 0) is 4.79 Å². The summed E-state index contributed by atoms with van der Waals surface area (Å²) in [6.07, 6.45) is 0. The Balaban J connectivity index is 1.95. The monoisotopic (exact) mass is 278 g/mol. The van der Waals surface area contributed by atoms with Gasteiger partial charge >= 0.3 is 0 Å². The molecule has 2 aromatic carbocycles. The van der Waals surface area contributed by atoms with Crippen molar-refractivity contribution in [1.29, 1.82) is 0 Å². The number of carbonyl (C=O) groups excluding carboxylic acids is 1. The van der Waals surface area contributed by atoms with Crippen LogP contribution in [0.4, 0.5) is 24.5 Å². The Hall–Kier alpha value is -2.50. The van der Waals surface area contributed by atoms with Gasteiger partial charge in [0.1, 0.15) is 23.5 Å². The molecule has 0 saturated heterocycles. The van der Waals surface area contributed by atoms with E-state index in [4.69, 9.17) is 0 Å². The van der Waals surface area contributed by atoms with E-state index in [2.05, 4.69) is 10.6 Å². The summed E-state index contributed by atoms with van der Waals surface area (Å²) >= 11 is 0. The molecule has 1 heterocycles. The minimum atomic E-state index is -0.887. The highest BCUT2D eigenvalue weighted by atomic mass is 19.1. The number of anilines is 2. The molecule has 20 heavy (non-hydrogen) atoms. The molecule has 2 aromatic rings. The average molecular weight is 278 g/mol. The topological polar surface area (TPSA) is 41.1 Å². The first kappa shape index (κ1) is 12.5. The lowest BCUT2D eigenvalue weighted by molar-refractivity contribution is -0.116. The smallest absolute Gasteiger partial charge is 0.251 e. The van der Waals surface area contributed by atoms with Crippen molar-refractivity contribution in [2.24, 2.45) is 0 Å². The highest BCUT2D eigenvalue weighted by Gasteiger charge is 2.30. The lowest BCUT2D eigenvalue weighted by Crippen LogP contribution is -2.19. The number of hydrogen-bond acceptors (Lipinski definition) is 2. The van der Waals surface area contributed by atoms with Gasteiger partial charge in [-0.05, 0) is 30.3 Å². The van der Waals surface area contributed by atoms with Gasteiger partial charge in [-0.15, -0.1) is 0 Å². The largest absolute Gasteiger partial charge is 0.370 e. The summed E-state index contributed by atoms with van der Waals surface area (Å²) in [5, 5.41) is 5.27. The molecule has 1 aliphatic heterocycles. The van der Waals surface area contributed by atoms with Crippen molar-refractivity contribution >= 4 is 17.3 Å². The quantitative estimate of drug-likeness (QED) is 0.885. The molecule has 6 heteroatoms. The first-order valence-corrected chi connectivity index (χ1v) is 5.86. The summed E-state index contributed by atoms with van der Waals surface area (Å²) < 4.78 is 39.5. The lowest BCUT2D eigenvalue weighted by Gasteiger charge is -2.13. The molecule has 0 spiro atoms. The van der Waals surface area contributed by atoms with Gasteiger partial charge in [0.2, 0.25) is 0 Å². The fourth-order valence-electron chi connectivity index (χ4n) is 2.18. The van der Waals surface area contributed by atoms with Crippen LogP contribution in [-0.4, -0.2) is 5.91 Å². The zero-order valence-electron chi connectivity index (χ0n) is 10.1. The van der Waals surface area contributed by atoms with Crippen LogP contribution in [0.25, 0.3) is 0 Å². The highest BCUT2D eigenvalue weighted by molar-refractivity contribution is 6.04. The predicted molar refractivity (Wildman–Crippen MR) is 67.8 cm³/mol. The zero-order chi connectivity index (χ0) is 14.3. The summed E-state index contributed by atoms with van der Waals surface area (Å²) in [4.78, 5) is 11.8. The predicted octanol–water partition coefficient (Wildman–Crippen LogP) is 3.21. The SMILES string of the molecule is O=C1Nc2ccc(F)cc2C1Nc1cc(F)cc(F)c1. The third-order valence-corrected chi connectivity index (χ3v) is 3.02. The van der Waals surface area contributed by atoms with Crippen molar-refractivity contribution in [2.45, 2.75) is 6.04 Å². The molecule has 3 rings (SSSR count). The summed E-state index contributed by atoms with van der Waals surface area (Å²) in [6.45, 7) is 0. The minimum Gasteiger partial charge on any atom is -0.370 e. The highest BCUT2D eigenvalue weighted by Crippen LogP contribution is 2.33. The standard InChI is InChI=1S/C14H9F3N2O/c15-7-1-2-12-11(6-7)13(14(20)19-12)18-10-4-8(16)3-9(17)5-10/h1-6,13,18H,(H,19,20). The number of rotatable bonds is 2. The molecular formula is C14H9F3N2O. The molecule has 1 atom stereocenters. The van der Waals surface area contributed by atoms with E-state index < -0.39 is 29.4 Å². The molecule has 0 aliphatic carbocycles. The van der Waals surface area contributed by atoms with E-state index in [1.807, 2.05) is 0 Å². The molecule has 0 bridgehead atoms. The van der Waals surface area contributed by atoms with Crippen LogP contribution in [0.1, 0.15) is 11.6 Å². The van der Waals surface area contributed by atoms with Crippen LogP contribution in [0, 0.1) is 17.5 Å². The second kappa shape index (κ2) is 4.56. The molecule has 0 radical (unpaired) electrons. The number of amides is 1. The normalized spacial score (nSPS) is 16.8. The van der Waals surface area contributed by atoms with Crippen LogP contribution in [0.15, 0.2) is 36.4 Å². The fourth-order valence-corrected chi connectivity index (χ4v) is 2.18. The van der Waals surface area contributed by atoms with Crippen molar-refractivity contribution in [1.82, 2.24) is 0 Å². The van der Waals surface area contributed by atoms with Gasteiger partial charge in [0.15, 0.2) is 0 Å². The molecule has 0 aromatic heterocycles. The third kappa shape index (κ3) is 2.20. The van der Waals surface area contributed by atoms with E-state index >= 15 is 0 Å². The Morgan fingerprint density at radius 1 is 0.950 bits per heavy atom. The van der Waals surface area contributed by atoms with E-state index in [0.29, 0.717) is 11.3 Å². The van der Waals surface area contributed by atoms with Crippen molar-refractivity contribution in [2.75, 3.05) is 10.6 Å². The maximum Gasteiger partial charge on any atom is 0.251 e. The first-order valence-electron chi connectivity index (χ1n) is 5.86. The molecule has 1 amide bonds. The number of halogens is 3. The van der Waals surface area contributed by atoms with Crippen molar-refractivity contribution in [3.63, 3.8) is 0 Å². The number of nitrogens with one attached hydrogen (secondary N) is 2. The van der Waals surface area contributed by atoms with Gasteiger partial charge in [-0.25, -0.2) is 13.2 Å². The maximum absolute atomic E-state index is 13.2. The van der Waals surface area contributed by atoms with Gasteiger partial charge in [-0.3, -0.25) is 4.79 Å². The molecular weight excluding hydrogens is 269 g/mol. The van der Waals surface area contributed by atoms with Crippen molar-refractivity contribution < 1.29 is 18.0 Å². The second-order valence-corrected chi connectivity index (χ2v) is 4.46. The summed E-state index contributed by atoms with van der Waals surface area (Å²) in [5.41, 5.74) is 0.991. The number of hydrogen-bond donors (Lipinski definition) is 2. The third-order valence-electron chi connectivity index (χ3n) is 3.02. The Morgan fingerprint density at radius 2 is 1.65 bits per heavy atom. The maximum atomic E-state index is 13.2. The molecule has 1 unspecified atom stereocenters. The van der Waals surface area contributed by atoms with Gasteiger partial charge in [0.05, 0.1) is 0 Å². The van der Waals surface area contributed by atoms with Gasteiger partial charge in [-0.1, -0.05) is 0 Å². The van der Waals surface area contributed by atoms with E-state index in [0.717, 1.165) is 18.2 Å². The van der Waals surface area contributed by atoms with Crippen LogP contribution in [0.3, 0.4) is 0 Å². The Labute approximate surface area is 112 Å². The fraction of sp³-hybridized carbons (Fsp3) is 0.0714. The van der Waals surface area contributed by atoms with E-state index in [9.17, 15) is 18.0 Å². The van der Waals surface area contributed by atoms with Gasteiger partial charge in [-0.2, -0.15) is 0 Å². The summed E-state index contributed by atoms with van der Waals surface area (Å²) in [7, 11) is 0. The summed E-state index contributed by atoms with van der Waals surface area (Å²) in [5.74, 6) is -2.41. The van der Waals surface area contributed by atoms with Crippen molar-refractivity contribution in [3.8, 4) is 0 Å². The Kier molecular flexibility index (Phi) is 2.85. The van der Waals surface area contributed by atoms with Gasteiger partial charge in [0, 0.05) is 23.0 Å². The van der Waals surface area contributed by atoms with E-state index in [1.54, 1.807) is 0 Å². The zero-order valence-corrected chi connectivity index (χ0v) is 10.1. The van der Waals surface area contributed by atoms with Crippen molar-refractivity contribution in [3.05, 3.63) is 59.4 Å². The van der Waals surface area contributed by atoms with Crippen LogP contribution in [0.5, 0.6) is 0 Å². The molecule has 2 N–H and O–H groups in total. The minimum absolute atomic E-state index is 0.111. The van der Waals surface area contributed by atoms with Gasteiger partial charge < -0.3 is 10.6 Å². The average Bonchev–Trinajstić information content (AvgIpc) is 2.65. The van der Waals surface area contributed by atoms with E-state index in [1.165, 1.54) is 18.2 Å².